The van der Waals surface area contributed by atoms with Crippen molar-refractivity contribution in [1.29, 1.82) is 0 Å². The molecule has 1 aromatic carbocycles. The quantitative estimate of drug-likeness (QED) is 0.838. The first-order valence-corrected chi connectivity index (χ1v) is 7.75. The van der Waals surface area contributed by atoms with Crippen LogP contribution in [0.15, 0.2) is 41.6 Å². The molecule has 0 fully saturated rings. The number of hydrogen-bond acceptors (Lipinski definition) is 4. The van der Waals surface area contributed by atoms with Crippen LogP contribution >= 0.6 is 0 Å². The van der Waals surface area contributed by atoms with Gasteiger partial charge in [-0.05, 0) is 24.6 Å². The van der Waals surface area contributed by atoms with Gasteiger partial charge in [-0.25, -0.2) is 8.42 Å². The molecule has 0 atom stereocenters. The van der Waals surface area contributed by atoms with Crippen LogP contribution in [0.5, 0.6) is 0 Å². The Bertz CT molecular complexity index is 735. The lowest BCUT2D eigenvalue weighted by Gasteiger charge is -2.06. The van der Waals surface area contributed by atoms with E-state index in [1.807, 2.05) is 6.92 Å². The topological polar surface area (TPSA) is 101 Å². The second-order valence-electron chi connectivity index (χ2n) is 4.40. The molecule has 0 aliphatic carbocycles. The van der Waals surface area contributed by atoms with E-state index in [1.165, 1.54) is 30.5 Å². The molecule has 2 N–H and O–H groups in total. The van der Waals surface area contributed by atoms with Gasteiger partial charge in [0.1, 0.15) is 0 Å². The van der Waals surface area contributed by atoms with Crippen LogP contribution in [0, 0.1) is 0 Å². The maximum atomic E-state index is 12.2. The number of aliphatic carboxylic acids is 1. The van der Waals surface area contributed by atoms with Crippen LogP contribution in [0.25, 0.3) is 0 Å². The Hall–Kier alpha value is -2.35. The van der Waals surface area contributed by atoms with Gasteiger partial charge < -0.3 is 5.11 Å². The van der Waals surface area contributed by atoms with Gasteiger partial charge in [-0.1, -0.05) is 12.1 Å². The highest BCUT2D eigenvalue weighted by atomic mass is 32.2. The molecule has 112 valence electrons. The number of benzene rings is 1. The average Bonchev–Trinajstić information content (AvgIpc) is 2.85. The third-order valence-corrected chi connectivity index (χ3v) is 4.20. The molecule has 0 bridgehead atoms. The van der Waals surface area contributed by atoms with Crippen LogP contribution in [-0.2, 0) is 27.8 Å². The first-order chi connectivity index (χ1) is 9.90. The number of aryl methyl sites for hydroxylation is 1. The van der Waals surface area contributed by atoms with Gasteiger partial charge in [-0.2, -0.15) is 5.10 Å². The Morgan fingerprint density at radius 1 is 1.33 bits per heavy atom. The number of nitrogens with zero attached hydrogens (tertiary/aromatic N) is 2. The summed E-state index contributed by atoms with van der Waals surface area (Å²) in [7, 11) is -3.70. The molecular formula is C13H15N3O4S. The Balaban J connectivity index is 2.17. The molecule has 1 heterocycles. The Morgan fingerprint density at radius 3 is 2.52 bits per heavy atom. The summed E-state index contributed by atoms with van der Waals surface area (Å²) in [5, 5.41) is 12.7. The molecule has 2 aromatic rings. The van der Waals surface area contributed by atoms with Crippen molar-refractivity contribution in [3.63, 3.8) is 0 Å². The maximum Gasteiger partial charge on any atom is 0.307 e. The van der Waals surface area contributed by atoms with Crippen molar-refractivity contribution in [1.82, 2.24) is 9.78 Å². The fourth-order valence-corrected chi connectivity index (χ4v) is 2.79. The maximum absolute atomic E-state index is 12.2. The van der Waals surface area contributed by atoms with Crippen molar-refractivity contribution in [3.05, 3.63) is 42.2 Å². The third kappa shape index (κ3) is 3.82. The molecule has 0 radical (unpaired) electrons. The van der Waals surface area contributed by atoms with Crippen molar-refractivity contribution in [2.75, 3.05) is 4.72 Å². The summed E-state index contributed by atoms with van der Waals surface area (Å²) >= 11 is 0. The number of carbonyl (C=O) groups is 1. The molecular weight excluding hydrogens is 294 g/mol. The SMILES string of the molecule is CCn1cc(NS(=O)(=O)c2ccc(CC(=O)O)cc2)cn1. The van der Waals surface area contributed by atoms with Gasteiger partial charge in [0.2, 0.25) is 0 Å². The number of aromatic nitrogens is 2. The molecule has 1 aromatic heterocycles. The predicted octanol–water partition coefficient (Wildman–Crippen LogP) is 1.33. The largest absolute Gasteiger partial charge is 0.481 e. The van der Waals surface area contributed by atoms with Crippen molar-refractivity contribution >= 4 is 21.7 Å². The molecule has 2 rings (SSSR count). The minimum atomic E-state index is -3.70. The fourth-order valence-electron chi connectivity index (χ4n) is 1.76. The lowest BCUT2D eigenvalue weighted by atomic mass is 10.2. The van der Waals surface area contributed by atoms with Gasteiger partial charge in [0, 0.05) is 12.7 Å². The van der Waals surface area contributed by atoms with Crippen molar-refractivity contribution < 1.29 is 18.3 Å². The molecule has 0 amide bonds. The van der Waals surface area contributed by atoms with Gasteiger partial charge in [-0.3, -0.25) is 14.2 Å². The lowest BCUT2D eigenvalue weighted by Crippen LogP contribution is -2.12. The summed E-state index contributed by atoms with van der Waals surface area (Å²) < 4.78 is 28.4. The van der Waals surface area contributed by atoms with Gasteiger partial charge in [0.25, 0.3) is 10.0 Å². The highest BCUT2D eigenvalue weighted by Crippen LogP contribution is 2.16. The lowest BCUT2D eigenvalue weighted by molar-refractivity contribution is -0.136. The van der Waals surface area contributed by atoms with Crippen LogP contribution in [0.2, 0.25) is 0 Å². The molecule has 21 heavy (non-hydrogen) atoms. The van der Waals surface area contributed by atoms with Crippen LogP contribution in [-0.4, -0.2) is 29.3 Å². The van der Waals surface area contributed by atoms with Crippen molar-refractivity contribution in [2.24, 2.45) is 0 Å². The van der Waals surface area contributed by atoms with Crippen LogP contribution in [0.3, 0.4) is 0 Å². The zero-order valence-electron chi connectivity index (χ0n) is 11.4. The summed E-state index contributed by atoms with van der Waals surface area (Å²) in [6.45, 7) is 2.54. The molecule has 0 saturated carbocycles. The van der Waals surface area contributed by atoms with Gasteiger partial charge in [-0.15, -0.1) is 0 Å². The Morgan fingerprint density at radius 2 is 2.00 bits per heavy atom. The van der Waals surface area contributed by atoms with Crippen LogP contribution in [0.1, 0.15) is 12.5 Å². The second-order valence-corrected chi connectivity index (χ2v) is 6.09. The number of nitrogens with one attached hydrogen (secondary N) is 1. The van der Waals surface area contributed by atoms with Gasteiger partial charge >= 0.3 is 5.97 Å². The second kappa shape index (κ2) is 5.96. The zero-order valence-corrected chi connectivity index (χ0v) is 12.2. The first kappa shape index (κ1) is 15.0. The minimum Gasteiger partial charge on any atom is -0.481 e. The van der Waals surface area contributed by atoms with Crippen molar-refractivity contribution in [3.8, 4) is 0 Å². The van der Waals surface area contributed by atoms with E-state index in [2.05, 4.69) is 9.82 Å². The third-order valence-electron chi connectivity index (χ3n) is 2.80. The Labute approximate surface area is 122 Å². The van der Waals surface area contributed by atoms with Gasteiger partial charge in [0.05, 0.1) is 23.2 Å². The van der Waals surface area contributed by atoms with E-state index in [9.17, 15) is 13.2 Å². The molecule has 0 aliphatic heterocycles. The zero-order chi connectivity index (χ0) is 15.5. The summed E-state index contributed by atoms with van der Waals surface area (Å²) in [5.74, 6) is -0.962. The van der Waals surface area contributed by atoms with E-state index < -0.39 is 16.0 Å². The van der Waals surface area contributed by atoms with E-state index in [0.29, 0.717) is 17.8 Å². The summed E-state index contributed by atoms with van der Waals surface area (Å²) in [5.41, 5.74) is 0.923. The number of sulfonamides is 1. The molecule has 0 saturated heterocycles. The summed E-state index contributed by atoms with van der Waals surface area (Å²) in [6.07, 6.45) is 2.88. The van der Waals surface area contributed by atoms with Gasteiger partial charge in [0.15, 0.2) is 0 Å². The van der Waals surface area contributed by atoms with Crippen LogP contribution in [0.4, 0.5) is 5.69 Å². The van der Waals surface area contributed by atoms with E-state index in [-0.39, 0.29) is 11.3 Å². The van der Waals surface area contributed by atoms with E-state index in [1.54, 1.807) is 10.9 Å². The standard InChI is InChI=1S/C13H15N3O4S/c1-2-16-9-11(8-14-16)15-21(19,20)12-5-3-10(4-6-12)7-13(17)18/h3-6,8-9,15H,2,7H2,1H3,(H,17,18). The van der Waals surface area contributed by atoms with E-state index >= 15 is 0 Å². The van der Waals surface area contributed by atoms with Crippen LogP contribution < -0.4 is 4.72 Å². The molecule has 0 unspecified atom stereocenters. The molecule has 0 spiro atoms. The fraction of sp³-hybridized carbons (Fsp3) is 0.231. The monoisotopic (exact) mass is 309 g/mol. The number of carboxylic acid groups (broad SMARTS) is 1. The summed E-state index contributed by atoms with van der Waals surface area (Å²) in [6, 6.07) is 5.73. The molecule has 8 heteroatoms. The average molecular weight is 309 g/mol. The predicted molar refractivity (Wildman–Crippen MR) is 76.5 cm³/mol. The first-order valence-electron chi connectivity index (χ1n) is 6.26. The van der Waals surface area contributed by atoms with E-state index in [4.69, 9.17) is 5.11 Å². The minimum absolute atomic E-state index is 0.0703. The normalized spacial score (nSPS) is 11.3. The smallest absolute Gasteiger partial charge is 0.307 e. The number of hydrogen-bond donors (Lipinski definition) is 2. The van der Waals surface area contributed by atoms with Crippen molar-refractivity contribution in [2.45, 2.75) is 24.8 Å². The summed E-state index contributed by atoms with van der Waals surface area (Å²) in [4.78, 5) is 10.7. The highest BCUT2D eigenvalue weighted by Gasteiger charge is 2.15. The number of carboxylic acids is 1. The van der Waals surface area contributed by atoms with E-state index in [0.717, 1.165) is 0 Å². The highest BCUT2D eigenvalue weighted by molar-refractivity contribution is 7.92. The number of anilines is 1. The Kier molecular flexibility index (Phi) is 4.27. The molecule has 7 nitrogen and oxygen atoms in total. The molecule has 0 aliphatic rings. The number of rotatable bonds is 6.